The molecule has 0 bridgehead atoms. The molecule has 2 aliphatic carbocycles. The van der Waals surface area contributed by atoms with Gasteiger partial charge < -0.3 is 20.3 Å². The molecule has 2 fully saturated rings. The topological polar surface area (TPSA) is 125 Å². The fourth-order valence-electron chi connectivity index (χ4n) is 5.09. The van der Waals surface area contributed by atoms with Crippen molar-refractivity contribution in [3.8, 4) is 0 Å². The lowest BCUT2D eigenvalue weighted by Crippen LogP contribution is -2.43. The maximum Gasteiger partial charge on any atom is 0.416 e. The molecule has 0 aliphatic heterocycles. The first-order chi connectivity index (χ1) is 19.6. The number of amides is 1. The lowest BCUT2D eigenvalue weighted by Gasteiger charge is -2.35. The lowest BCUT2D eigenvalue weighted by molar-refractivity contribution is -0.137. The molecule has 0 radical (unpaired) electrons. The Labute approximate surface area is 235 Å². The predicted octanol–water partition coefficient (Wildman–Crippen LogP) is 4.73. The summed E-state index contributed by atoms with van der Waals surface area (Å²) in [5.41, 5.74) is 0.720. The van der Waals surface area contributed by atoms with Crippen molar-refractivity contribution in [2.45, 2.75) is 69.1 Å². The smallest absolute Gasteiger partial charge is 0.416 e. The summed E-state index contributed by atoms with van der Waals surface area (Å²) < 4.78 is 43.9. The highest BCUT2D eigenvalue weighted by molar-refractivity contribution is 5.88. The molecule has 5 rings (SSSR count). The number of rotatable bonds is 9. The molecule has 3 aromatic rings. The third-order valence-corrected chi connectivity index (χ3v) is 7.52. The average Bonchev–Trinajstić information content (AvgIpc) is 3.70. The zero-order valence-electron chi connectivity index (χ0n) is 22.8. The Bertz CT molecular complexity index is 1400. The maximum atomic E-state index is 13.0. The molecule has 3 N–H and O–H groups in total. The second kappa shape index (κ2) is 11.8. The van der Waals surface area contributed by atoms with E-state index in [0.717, 1.165) is 43.5 Å². The number of alkyl halides is 3. The summed E-state index contributed by atoms with van der Waals surface area (Å²) in [5, 5.41) is 13.4. The Balaban J connectivity index is 1.19. The number of halogens is 3. The number of aromatic amines is 1. The van der Waals surface area contributed by atoms with Crippen LogP contribution in [0.2, 0.25) is 0 Å². The standard InChI is InChI=1S/C28H32F3N7O3/c1-38(20-10-8-19(9-11-20)32-25(39)13-16-4-3-5-18(12-16)28(29,30)31)27-33-22(26(40)41-2)15-23(35-27)34-24-14-21(36-37-24)17-6-7-17/h3-5,12,14-15,17,19-20H,6-11,13H2,1-2H3,(H,32,39)(H2,33,34,35,36,37)/t19-,20-. The fourth-order valence-corrected chi connectivity index (χ4v) is 5.09. The van der Waals surface area contributed by atoms with E-state index in [9.17, 15) is 22.8 Å². The Hall–Kier alpha value is -4.16. The van der Waals surface area contributed by atoms with Gasteiger partial charge in [-0.15, -0.1) is 0 Å². The van der Waals surface area contributed by atoms with Gasteiger partial charge in [0.25, 0.3) is 0 Å². The number of anilines is 3. The van der Waals surface area contributed by atoms with Crippen molar-refractivity contribution in [2.24, 2.45) is 0 Å². The van der Waals surface area contributed by atoms with Crippen LogP contribution in [0.4, 0.5) is 30.8 Å². The molecular formula is C28H32F3N7O3. The van der Waals surface area contributed by atoms with E-state index in [1.54, 1.807) is 0 Å². The maximum absolute atomic E-state index is 13.0. The predicted molar refractivity (Wildman–Crippen MR) is 145 cm³/mol. The van der Waals surface area contributed by atoms with Crippen molar-refractivity contribution in [1.82, 2.24) is 25.5 Å². The number of nitrogens with zero attached hydrogens (tertiary/aromatic N) is 4. The molecule has 2 saturated carbocycles. The molecule has 10 nitrogen and oxygen atoms in total. The van der Waals surface area contributed by atoms with Crippen molar-refractivity contribution in [2.75, 3.05) is 24.4 Å². The molecule has 0 spiro atoms. The van der Waals surface area contributed by atoms with Gasteiger partial charge in [-0.3, -0.25) is 9.89 Å². The number of methoxy groups -OCH3 is 1. The van der Waals surface area contributed by atoms with Gasteiger partial charge in [0, 0.05) is 42.9 Å². The number of aromatic nitrogens is 4. The van der Waals surface area contributed by atoms with Crippen molar-refractivity contribution >= 4 is 29.5 Å². The van der Waals surface area contributed by atoms with E-state index < -0.39 is 17.7 Å². The molecule has 1 aromatic carbocycles. The molecule has 0 saturated heterocycles. The highest BCUT2D eigenvalue weighted by Crippen LogP contribution is 2.39. The van der Waals surface area contributed by atoms with Crippen LogP contribution in [-0.2, 0) is 22.1 Å². The number of H-pyrrole nitrogens is 1. The first-order valence-corrected chi connectivity index (χ1v) is 13.6. The third-order valence-electron chi connectivity index (χ3n) is 7.52. The number of hydrogen-bond donors (Lipinski definition) is 3. The minimum atomic E-state index is -4.45. The monoisotopic (exact) mass is 571 g/mol. The quantitative estimate of drug-likeness (QED) is 0.315. The highest BCUT2D eigenvalue weighted by Gasteiger charge is 2.31. The number of carbonyl (C=O) groups excluding carboxylic acids is 2. The number of carbonyl (C=O) groups is 2. The Morgan fingerprint density at radius 1 is 1.05 bits per heavy atom. The van der Waals surface area contributed by atoms with Crippen LogP contribution in [-0.4, -0.2) is 58.3 Å². The minimum absolute atomic E-state index is 0.0548. The summed E-state index contributed by atoms with van der Waals surface area (Å²) in [6, 6.07) is 8.25. The third kappa shape index (κ3) is 7.14. The second-order valence-electron chi connectivity index (χ2n) is 10.6. The van der Waals surface area contributed by atoms with Crippen LogP contribution in [0.15, 0.2) is 36.4 Å². The summed E-state index contributed by atoms with van der Waals surface area (Å²) in [6.45, 7) is 0. The highest BCUT2D eigenvalue weighted by atomic mass is 19.4. The van der Waals surface area contributed by atoms with Crippen LogP contribution in [0.1, 0.15) is 71.8 Å². The second-order valence-corrected chi connectivity index (χ2v) is 10.6. The molecule has 0 atom stereocenters. The summed E-state index contributed by atoms with van der Waals surface area (Å²) in [6.07, 6.45) is 0.521. The SMILES string of the molecule is COC(=O)c1cc(Nc2cc(C3CC3)[nH]n2)nc(N(C)[C@H]2CC[C@H](NC(=O)Cc3cccc(C(F)(F)F)c3)CC2)n1. The van der Waals surface area contributed by atoms with Gasteiger partial charge in [0.1, 0.15) is 5.82 Å². The number of benzene rings is 1. The van der Waals surface area contributed by atoms with Crippen LogP contribution in [0.3, 0.4) is 0 Å². The van der Waals surface area contributed by atoms with E-state index in [1.807, 2.05) is 18.0 Å². The van der Waals surface area contributed by atoms with E-state index >= 15 is 0 Å². The van der Waals surface area contributed by atoms with Crippen molar-refractivity contribution < 1.29 is 27.5 Å². The number of ether oxygens (including phenoxy) is 1. The van der Waals surface area contributed by atoms with Crippen LogP contribution in [0, 0.1) is 0 Å². The summed E-state index contributed by atoms with van der Waals surface area (Å²) in [4.78, 5) is 35.9. The van der Waals surface area contributed by atoms with E-state index in [1.165, 1.54) is 25.3 Å². The Morgan fingerprint density at radius 3 is 2.49 bits per heavy atom. The van der Waals surface area contributed by atoms with Gasteiger partial charge in [0.05, 0.1) is 19.1 Å². The van der Waals surface area contributed by atoms with Crippen molar-refractivity contribution in [3.05, 3.63) is 58.9 Å². The van der Waals surface area contributed by atoms with Gasteiger partial charge in [-0.05, 0) is 50.2 Å². The van der Waals surface area contributed by atoms with E-state index in [4.69, 9.17) is 4.74 Å². The van der Waals surface area contributed by atoms with Gasteiger partial charge >= 0.3 is 12.1 Å². The summed E-state index contributed by atoms with van der Waals surface area (Å²) in [7, 11) is 3.15. The molecule has 2 heterocycles. The minimum Gasteiger partial charge on any atom is -0.464 e. The van der Waals surface area contributed by atoms with Crippen LogP contribution in [0.25, 0.3) is 0 Å². The van der Waals surface area contributed by atoms with Gasteiger partial charge in [0.2, 0.25) is 11.9 Å². The van der Waals surface area contributed by atoms with Gasteiger partial charge in [-0.2, -0.15) is 23.3 Å². The van der Waals surface area contributed by atoms with Crippen LogP contribution >= 0.6 is 0 Å². The average molecular weight is 572 g/mol. The fraction of sp³-hybridized carbons (Fsp3) is 0.464. The Kier molecular flexibility index (Phi) is 8.13. The number of hydrogen-bond acceptors (Lipinski definition) is 8. The molecule has 2 aromatic heterocycles. The lowest BCUT2D eigenvalue weighted by atomic mass is 9.90. The number of esters is 1. The molecule has 1 amide bonds. The largest absolute Gasteiger partial charge is 0.464 e. The van der Waals surface area contributed by atoms with E-state index in [2.05, 4.69) is 30.8 Å². The first kappa shape index (κ1) is 28.4. The number of nitrogens with one attached hydrogen (secondary N) is 3. The zero-order chi connectivity index (χ0) is 29.1. The molecule has 2 aliphatic rings. The van der Waals surface area contributed by atoms with Crippen LogP contribution in [0.5, 0.6) is 0 Å². The summed E-state index contributed by atoms with van der Waals surface area (Å²) >= 11 is 0. The normalized spacial score (nSPS) is 19.0. The van der Waals surface area contributed by atoms with E-state index in [-0.39, 0.29) is 30.1 Å². The van der Waals surface area contributed by atoms with Crippen molar-refractivity contribution in [3.63, 3.8) is 0 Å². The molecule has 13 heteroatoms. The molecule has 218 valence electrons. The van der Waals surface area contributed by atoms with Gasteiger partial charge in [-0.25, -0.2) is 9.78 Å². The summed E-state index contributed by atoms with van der Waals surface area (Å²) in [5.74, 6) is 0.969. The molecule has 0 unspecified atom stereocenters. The zero-order valence-corrected chi connectivity index (χ0v) is 22.8. The van der Waals surface area contributed by atoms with Crippen molar-refractivity contribution in [1.29, 1.82) is 0 Å². The Morgan fingerprint density at radius 2 is 1.80 bits per heavy atom. The first-order valence-electron chi connectivity index (χ1n) is 13.6. The molecular weight excluding hydrogens is 539 g/mol. The van der Waals surface area contributed by atoms with E-state index in [0.29, 0.717) is 41.9 Å². The molecule has 41 heavy (non-hydrogen) atoms. The van der Waals surface area contributed by atoms with Gasteiger partial charge in [0.15, 0.2) is 11.5 Å². The van der Waals surface area contributed by atoms with Crippen LogP contribution < -0.4 is 15.5 Å². The van der Waals surface area contributed by atoms with Gasteiger partial charge in [-0.1, -0.05) is 18.2 Å².